The van der Waals surface area contributed by atoms with Gasteiger partial charge in [-0.2, -0.15) is 0 Å². The molecule has 8 nitrogen and oxygen atoms in total. The number of amides is 1. The first kappa shape index (κ1) is 24.7. The maximum atomic E-state index is 13.9. The van der Waals surface area contributed by atoms with Gasteiger partial charge in [-0.3, -0.25) is 4.90 Å². The molecule has 0 aromatic carbocycles. The van der Waals surface area contributed by atoms with Crippen LogP contribution in [0.15, 0.2) is 12.3 Å². The lowest BCUT2D eigenvalue weighted by molar-refractivity contribution is -0.0388. The second-order valence-electron chi connectivity index (χ2n) is 9.72. The van der Waals surface area contributed by atoms with Gasteiger partial charge in [0.1, 0.15) is 17.2 Å². The highest BCUT2D eigenvalue weighted by Gasteiger charge is 2.40. The standard InChI is InChI=1S/C23H31F2N5O3S/c1-15-14-26-20(34-15)19-27-17(29-9-11-32-12-10-29)13-18(28-19)30(21(31)33-22(2,3)4)16-5-7-23(24,25)8-6-16/h13-14,16H,5-12H2,1-4H3. The molecule has 1 aliphatic carbocycles. The SMILES string of the molecule is Cc1cnc(-c2nc(N3CCOCC3)cc(N(C(=O)OC(C)(C)C)C3CCC(F)(F)CC3)n2)s1. The smallest absolute Gasteiger partial charge is 0.416 e. The molecule has 2 aliphatic rings. The van der Waals surface area contributed by atoms with Crippen LogP contribution in [0.25, 0.3) is 10.8 Å². The number of aryl methyl sites for hydroxylation is 1. The van der Waals surface area contributed by atoms with Gasteiger partial charge in [-0.15, -0.1) is 11.3 Å². The van der Waals surface area contributed by atoms with Gasteiger partial charge in [0.25, 0.3) is 0 Å². The molecule has 186 valence electrons. The van der Waals surface area contributed by atoms with Crippen molar-refractivity contribution in [2.75, 3.05) is 36.1 Å². The molecule has 0 bridgehead atoms. The van der Waals surface area contributed by atoms with Gasteiger partial charge < -0.3 is 14.4 Å². The summed E-state index contributed by atoms with van der Waals surface area (Å²) in [5.41, 5.74) is -0.747. The van der Waals surface area contributed by atoms with E-state index in [1.807, 2.05) is 6.92 Å². The molecule has 1 aliphatic heterocycles. The van der Waals surface area contributed by atoms with Crippen LogP contribution in [-0.2, 0) is 9.47 Å². The first-order chi connectivity index (χ1) is 16.0. The third-order valence-electron chi connectivity index (χ3n) is 5.74. The van der Waals surface area contributed by atoms with Crippen LogP contribution in [0, 0.1) is 6.92 Å². The number of halogens is 2. The monoisotopic (exact) mass is 495 g/mol. The van der Waals surface area contributed by atoms with E-state index in [0.29, 0.717) is 48.8 Å². The number of morpholine rings is 1. The van der Waals surface area contributed by atoms with Gasteiger partial charge in [-0.25, -0.2) is 28.5 Å². The minimum absolute atomic E-state index is 0.162. The van der Waals surface area contributed by atoms with Crippen molar-refractivity contribution in [3.8, 4) is 10.8 Å². The molecule has 34 heavy (non-hydrogen) atoms. The molecule has 2 fully saturated rings. The van der Waals surface area contributed by atoms with Crippen molar-refractivity contribution in [2.24, 2.45) is 0 Å². The van der Waals surface area contributed by atoms with Gasteiger partial charge in [0.05, 0.1) is 13.2 Å². The van der Waals surface area contributed by atoms with Crippen LogP contribution < -0.4 is 9.80 Å². The van der Waals surface area contributed by atoms with Gasteiger partial charge in [-0.1, -0.05) is 0 Å². The summed E-state index contributed by atoms with van der Waals surface area (Å²) >= 11 is 1.46. The number of hydrogen-bond donors (Lipinski definition) is 0. The number of hydrogen-bond acceptors (Lipinski definition) is 8. The van der Waals surface area contributed by atoms with Crippen LogP contribution in [0.5, 0.6) is 0 Å². The molecule has 0 spiro atoms. The number of ether oxygens (including phenoxy) is 2. The van der Waals surface area contributed by atoms with Crippen molar-refractivity contribution in [1.82, 2.24) is 15.0 Å². The number of aromatic nitrogens is 3. The Morgan fingerprint density at radius 3 is 2.50 bits per heavy atom. The van der Waals surface area contributed by atoms with Gasteiger partial charge >= 0.3 is 6.09 Å². The lowest BCUT2D eigenvalue weighted by Gasteiger charge is -2.37. The lowest BCUT2D eigenvalue weighted by atomic mass is 9.91. The summed E-state index contributed by atoms with van der Waals surface area (Å²) in [6.07, 6.45) is 0.909. The summed E-state index contributed by atoms with van der Waals surface area (Å²) in [4.78, 5) is 31.7. The van der Waals surface area contributed by atoms with Gasteiger partial charge in [0.2, 0.25) is 5.92 Å². The molecule has 11 heteroatoms. The van der Waals surface area contributed by atoms with E-state index in [9.17, 15) is 13.6 Å². The maximum Gasteiger partial charge on any atom is 0.416 e. The minimum atomic E-state index is -2.72. The van der Waals surface area contributed by atoms with Crippen molar-refractivity contribution >= 4 is 29.1 Å². The van der Waals surface area contributed by atoms with E-state index in [1.165, 1.54) is 16.2 Å². The molecule has 2 aromatic rings. The highest BCUT2D eigenvalue weighted by molar-refractivity contribution is 7.14. The Morgan fingerprint density at radius 2 is 1.91 bits per heavy atom. The van der Waals surface area contributed by atoms with Crippen molar-refractivity contribution in [3.63, 3.8) is 0 Å². The predicted molar refractivity (Wildman–Crippen MR) is 127 cm³/mol. The Hall–Kier alpha value is -2.40. The Labute approximate surface area is 202 Å². The second-order valence-corrected chi connectivity index (χ2v) is 11.0. The normalized spacial score (nSPS) is 19.2. The molecular formula is C23H31F2N5O3S. The number of anilines is 2. The average Bonchev–Trinajstić information content (AvgIpc) is 3.21. The molecular weight excluding hydrogens is 464 g/mol. The number of carbonyl (C=O) groups is 1. The van der Waals surface area contributed by atoms with Gasteiger partial charge in [-0.05, 0) is 40.5 Å². The Bertz CT molecular complexity index is 1010. The van der Waals surface area contributed by atoms with E-state index in [0.717, 1.165) is 4.88 Å². The highest BCUT2D eigenvalue weighted by atomic mass is 32.1. The summed E-state index contributed by atoms with van der Waals surface area (Å²) in [6, 6.07) is 1.29. The summed E-state index contributed by atoms with van der Waals surface area (Å²) in [5.74, 6) is -1.34. The molecule has 1 amide bonds. The van der Waals surface area contributed by atoms with Crippen LogP contribution in [0.4, 0.5) is 25.2 Å². The fourth-order valence-electron chi connectivity index (χ4n) is 4.08. The molecule has 1 saturated heterocycles. The van der Waals surface area contributed by atoms with Crippen LogP contribution in [0.1, 0.15) is 51.3 Å². The largest absolute Gasteiger partial charge is 0.443 e. The average molecular weight is 496 g/mol. The third kappa shape index (κ3) is 5.99. The van der Waals surface area contributed by atoms with Crippen molar-refractivity contribution in [1.29, 1.82) is 0 Å². The number of nitrogens with zero attached hydrogens (tertiary/aromatic N) is 5. The number of rotatable bonds is 4. The quantitative estimate of drug-likeness (QED) is 0.586. The molecule has 3 heterocycles. The van der Waals surface area contributed by atoms with E-state index >= 15 is 0 Å². The van der Waals surface area contributed by atoms with Crippen molar-refractivity contribution in [3.05, 3.63) is 17.1 Å². The summed E-state index contributed by atoms with van der Waals surface area (Å²) in [5, 5.41) is 0.633. The fourth-order valence-corrected chi connectivity index (χ4v) is 4.78. The van der Waals surface area contributed by atoms with E-state index < -0.39 is 23.7 Å². The summed E-state index contributed by atoms with van der Waals surface area (Å²) < 4.78 is 39.0. The van der Waals surface area contributed by atoms with E-state index in [4.69, 9.17) is 19.4 Å². The summed E-state index contributed by atoms with van der Waals surface area (Å²) in [6.45, 7) is 9.72. The minimum Gasteiger partial charge on any atom is -0.443 e. The zero-order valence-corrected chi connectivity index (χ0v) is 20.8. The predicted octanol–water partition coefficient (Wildman–Crippen LogP) is 5.06. The first-order valence-corrected chi connectivity index (χ1v) is 12.4. The third-order valence-corrected chi connectivity index (χ3v) is 6.64. The fraction of sp³-hybridized carbons (Fsp3) is 0.652. The van der Waals surface area contributed by atoms with Crippen molar-refractivity contribution < 1.29 is 23.0 Å². The molecule has 0 N–H and O–H groups in total. The molecule has 0 unspecified atom stereocenters. The van der Waals surface area contributed by atoms with Crippen LogP contribution in [0.2, 0.25) is 0 Å². The van der Waals surface area contributed by atoms with Crippen molar-refractivity contribution in [2.45, 2.75) is 70.9 Å². The van der Waals surface area contributed by atoms with Crippen LogP contribution in [0.3, 0.4) is 0 Å². The second kappa shape index (κ2) is 9.69. The van der Waals surface area contributed by atoms with Gasteiger partial charge in [0, 0.05) is 49.1 Å². The molecule has 2 aromatic heterocycles. The van der Waals surface area contributed by atoms with Crippen LogP contribution in [-0.4, -0.2) is 64.9 Å². The molecule has 0 atom stereocenters. The van der Waals surface area contributed by atoms with Crippen LogP contribution >= 0.6 is 11.3 Å². The van der Waals surface area contributed by atoms with E-state index in [1.54, 1.807) is 33.0 Å². The first-order valence-electron chi connectivity index (χ1n) is 11.6. The Morgan fingerprint density at radius 1 is 1.24 bits per heavy atom. The topological polar surface area (TPSA) is 80.7 Å². The zero-order chi connectivity index (χ0) is 24.5. The zero-order valence-electron chi connectivity index (χ0n) is 20.0. The molecule has 4 rings (SSSR count). The molecule has 1 saturated carbocycles. The van der Waals surface area contributed by atoms with E-state index in [-0.39, 0.29) is 25.7 Å². The Balaban J connectivity index is 1.77. The number of carbonyl (C=O) groups excluding carboxylic acids is 1. The molecule has 0 radical (unpaired) electrons. The Kier molecular flexibility index (Phi) is 7.04. The number of thiazole rings is 1. The number of alkyl halides is 2. The lowest BCUT2D eigenvalue weighted by Crippen LogP contribution is -2.47. The highest BCUT2D eigenvalue weighted by Crippen LogP contribution is 2.38. The van der Waals surface area contributed by atoms with E-state index in [2.05, 4.69) is 9.88 Å². The van der Waals surface area contributed by atoms with Gasteiger partial charge in [0.15, 0.2) is 10.8 Å². The summed E-state index contributed by atoms with van der Waals surface area (Å²) in [7, 11) is 0. The maximum absolute atomic E-state index is 13.9.